The molecule has 28 heavy (non-hydrogen) atoms. The van der Waals surface area contributed by atoms with Crippen LogP contribution in [0.1, 0.15) is 44.0 Å². The van der Waals surface area contributed by atoms with Gasteiger partial charge in [0.05, 0.1) is 40.9 Å². The van der Waals surface area contributed by atoms with Crippen molar-refractivity contribution in [3.05, 3.63) is 16.3 Å². The number of benzene rings is 1. The predicted molar refractivity (Wildman–Crippen MR) is 129 cm³/mol. The summed E-state index contributed by atoms with van der Waals surface area (Å²) in [4.78, 5) is 47.2. The second-order valence-corrected chi connectivity index (χ2v) is 8.71. The molecule has 1 rings (SSSR count). The molecule has 0 aliphatic rings. The second-order valence-electron chi connectivity index (χ2n) is 5.47. The van der Waals surface area contributed by atoms with Crippen LogP contribution in [0.15, 0.2) is 0 Å². The topological polar surface area (TPSA) is 111 Å². The van der Waals surface area contributed by atoms with Crippen molar-refractivity contribution < 1.29 is 28.7 Å². The maximum Gasteiger partial charge on any atom is 0.340 e. The summed E-state index contributed by atoms with van der Waals surface area (Å²) >= 11 is 5.93. The number of carbonyl (C=O) groups excluding carboxylic acids is 4. The SMILES string of the molecule is CCOC(=O)CCCOC(=O)c1c(I)c(NC(C)=O)c(I)c(NC(C)=O)c1I. The molecule has 0 heterocycles. The zero-order valence-electron chi connectivity index (χ0n) is 15.4. The van der Waals surface area contributed by atoms with Crippen molar-refractivity contribution in [2.24, 2.45) is 0 Å². The molecule has 0 saturated heterocycles. The highest BCUT2D eigenvalue weighted by Gasteiger charge is 2.26. The molecule has 0 aliphatic carbocycles. The van der Waals surface area contributed by atoms with E-state index in [1.54, 1.807) is 6.92 Å². The molecule has 154 valence electrons. The van der Waals surface area contributed by atoms with Crippen molar-refractivity contribution >= 4 is 103 Å². The molecule has 0 fully saturated rings. The Morgan fingerprint density at radius 1 is 0.857 bits per heavy atom. The van der Waals surface area contributed by atoms with Gasteiger partial charge in [0.15, 0.2) is 0 Å². The number of carbonyl (C=O) groups is 4. The first kappa shape index (κ1) is 25.3. The van der Waals surface area contributed by atoms with Crippen molar-refractivity contribution in [2.45, 2.75) is 33.6 Å². The van der Waals surface area contributed by atoms with Gasteiger partial charge >= 0.3 is 11.9 Å². The fourth-order valence-electron chi connectivity index (χ4n) is 2.10. The van der Waals surface area contributed by atoms with Gasteiger partial charge in [0.25, 0.3) is 0 Å². The normalized spacial score (nSPS) is 10.2. The molecule has 0 aliphatic heterocycles. The Balaban J connectivity index is 3.14. The van der Waals surface area contributed by atoms with Gasteiger partial charge in [-0.3, -0.25) is 14.4 Å². The lowest BCUT2D eigenvalue weighted by Crippen LogP contribution is -2.19. The number of esters is 2. The molecule has 1 aromatic rings. The Bertz CT molecular complexity index is 755. The number of hydrogen-bond acceptors (Lipinski definition) is 6. The quantitative estimate of drug-likeness (QED) is 0.239. The largest absolute Gasteiger partial charge is 0.466 e. The van der Waals surface area contributed by atoms with Gasteiger partial charge in [-0.15, -0.1) is 0 Å². The summed E-state index contributed by atoms with van der Waals surface area (Å²) in [7, 11) is 0. The molecule has 2 amide bonds. The van der Waals surface area contributed by atoms with Crippen LogP contribution < -0.4 is 10.6 Å². The number of rotatable bonds is 8. The maximum atomic E-state index is 12.7. The third-order valence-corrected chi connectivity index (χ3v) is 6.42. The Morgan fingerprint density at radius 3 is 1.79 bits per heavy atom. The van der Waals surface area contributed by atoms with Gasteiger partial charge in [-0.2, -0.15) is 0 Å². The van der Waals surface area contributed by atoms with Crippen LogP contribution >= 0.6 is 67.8 Å². The molecule has 0 bridgehead atoms. The van der Waals surface area contributed by atoms with Gasteiger partial charge in [-0.25, -0.2) is 4.79 Å². The summed E-state index contributed by atoms with van der Waals surface area (Å²) in [6.45, 7) is 4.78. The van der Waals surface area contributed by atoms with Gasteiger partial charge in [0.2, 0.25) is 11.8 Å². The third-order valence-electron chi connectivity index (χ3n) is 3.19. The van der Waals surface area contributed by atoms with E-state index in [2.05, 4.69) is 10.6 Å². The van der Waals surface area contributed by atoms with Crippen molar-refractivity contribution in [3.63, 3.8) is 0 Å². The number of nitrogens with one attached hydrogen (secondary N) is 2. The number of anilines is 2. The second kappa shape index (κ2) is 12.1. The van der Waals surface area contributed by atoms with Crippen LogP contribution in [0, 0.1) is 10.7 Å². The standard InChI is InChI=1S/C17H19I3N2O6/c1-4-27-10(25)6-5-7-28-17(26)11-12(18)15(21-8(2)23)14(20)16(13(11)19)22-9(3)24/h4-7H2,1-3H3,(H,21,23)(H,22,24). The van der Waals surface area contributed by atoms with Crippen molar-refractivity contribution in [3.8, 4) is 0 Å². The van der Waals surface area contributed by atoms with Crippen LogP contribution in [-0.4, -0.2) is 37.0 Å². The van der Waals surface area contributed by atoms with Gasteiger partial charge in [0.1, 0.15) is 0 Å². The first-order valence-corrected chi connectivity index (χ1v) is 11.4. The highest BCUT2D eigenvalue weighted by atomic mass is 127. The maximum absolute atomic E-state index is 12.7. The summed E-state index contributed by atoms with van der Waals surface area (Å²) < 4.78 is 11.7. The minimum Gasteiger partial charge on any atom is -0.466 e. The first-order valence-electron chi connectivity index (χ1n) is 8.18. The molecule has 11 heteroatoms. The minimum absolute atomic E-state index is 0.0424. The summed E-state index contributed by atoms with van der Waals surface area (Å²) in [6, 6.07) is 0. The fraction of sp³-hybridized carbons (Fsp3) is 0.412. The van der Waals surface area contributed by atoms with Crippen LogP contribution in [-0.2, 0) is 23.9 Å². The highest BCUT2D eigenvalue weighted by molar-refractivity contribution is 14.1. The van der Waals surface area contributed by atoms with E-state index in [0.29, 0.717) is 35.1 Å². The number of halogens is 3. The predicted octanol–water partition coefficient (Wildman–Crippen LogP) is 3.92. The average molecular weight is 728 g/mol. The monoisotopic (exact) mass is 728 g/mol. The van der Waals surface area contributed by atoms with Gasteiger partial charge < -0.3 is 20.1 Å². The molecular formula is C17H19I3N2O6. The molecule has 1 aromatic carbocycles. The van der Waals surface area contributed by atoms with Gasteiger partial charge in [-0.05, 0) is 81.1 Å². The molecule has 2 N–H and O–H groups in total. The molecule has 8 nitrogen and oxygen atoms in total. The lowest BCUT2D eigenvalue weighted by Gasteiger charge is -2.19. The Labute approximate surface area is 203 Å². The van der Waals surface area contributed by atoms with Crippen molar-refractivity contribution in [2.75, 3.05) is 23.8 Å². The van der Waals surface area contributed by atoms with E-state index in [4.69, 9.17) is 9.47 Å². The highest BCUT2D eigenvalue weighted by Crippen LogP contribution is 2.39. The lowest BCUT2D eigenvalue weighted by molar-refractivity contribution is -0.143. The summed E-state index contributed by atoms with van der Waals surface area (Å²) in [5.74, 6) is -1.57. The Morgan fingerprint density at radius 2 is 1.36 bits per heavy atom. The van der Waals surface area contributed by atoms with E-state index in [1.165, 1.54) is 13.8 Å². The molecule has 0 aromatic heterocycles. The van der Waals surface area contributed by atoms with Crippen LogP contribution in [0.3, 0.4) is 0 Å². The van der Waals surface area contributed by atoms with Gasteiger partial charge in [0, 0.05) is 20.3 Å². The summed E-state index contributed by atoms with van der Waals surface area (Å²) in [5.41, 5.74) is 1.10. The summed E-state index contributed by atoms with van der Waals surface area (Å²) in [6.07, 6.45) is 0.482. The van der Waals surface area contributed by atoms with E-state index in [9.17, 15) is 19.2 Å². The van der Waals surface area contributed by atoms with Crippen LogP contribution in [0.5, 0.6) is 0 Å². The van der Waals surface area contributed by atoms with Crippen LogP contribution in [0.25, 0.3) is 0 Å². The van der Waals surface area contributed by atoms with E-state index in [-0.39, 0.29) is 36.4 Å². The Hall–Kier alpha value is -0.710. The van der Waals surface area contributed by atoms with E-state index in [0.717, 1.165) is 0 Å². The minimum atomic E-state index is -0.604. The average Bonchev–Trinajstić information content (AvgIpc) is 2.59. The number of ether oxygens (including phenoxy) is 2. The number of hydrogen-bond donors (Lipinski definition) is 2. The Kier molecular flexibility index (Phi) is 10.9. The zero-order valence-corrected chi connectivity index (χ0v) is 21.9. The molecule has 0 radical (unpaired) electrons. The smallest absolute Gasteiger partial charge is 0.340 e. The molecule has 0 atom stereocenters. The van der Waals surface area contributed by atoms with Crippen LogP contribution in [0.4, 0.5) is 11.4 Å². The molecule has 0 spiro atoms. The summed E-state index contributed by atoms with van der Waals surface area (Å²) in [5, 5.41) is 5.39. The van der Waals surface area contributed by atoms with Crippen molar-refractivity contribution in [1.29, 1.82) is 0 Å². The number of amides is 2. The van der Waals surface area contributed by atoms with E-state index in [1.807, 2.05) is 67.8 Å². The van der Waals surface area contributed by atoms with E-state index >= 15 is 0 Å². The first-order chi connectivity index (χ1) is 13.1. The molecule has 0 saturated carbocycles. The van der Waals surface area contributed by atoms with Crippen LogP contribution in [0.2, 0.25) is 0 Å². The molecular weight excluding hydrogens is 709 g/mol. The third kappa shape index (κ3) is 7.27. The fourth-order valence-corrected chi connectivity index (χ4v) is 6.25. The van der Waals surface area contributed by atoms with E-state index < -0.39 is 5.97 Å². The lowest BCUT2D eigenvalue weighted by atomic mass is 10.1. The van der Waals surface area contributed by atoms with Crippen molar-refractivity contribution in [1.82, 2.24) is 0 Å². The zero-order chi connectivity index (χ0) is 21.4. The van der Waals surface area contributed by atoms with Gasteiger partial charge in [-0.1, -0.05) is 0 Å². The molecule has 0 unspecified atom stereocenters.